The van der Waals surface area contributed by atoms with E-state index in [1.54, 1.807) is 6.20 Å². The van der Waals surface area contributed by atoms with E-state index in [9.17, 15) is 0 Å². The van der Waals surface area contributed by atoms with E-state index in [1.807, 2.05) is 12.1 Å². The Hall–Kier alpha value is -1.29. The molecule has 90 valence electrons. The quantitative estimate of drug-likeness (QED) is 0.922. The first-order chi connectivity index (χ1) is 8.00. The Labute approximate surface area is 110 Å². The van der Waals surface area contributed by atoms with Crippen LogP contribution in [0.25, 0.3) is 10.9 Å². The Bertz CT molecular complexity index is 546. The van der Waals surface area contributed by atoms with Crippen LogP contribution in [0.4, 0.5) is 11.4 Å². The molecule has 2 aromatic rings. The number of hydrogen-bond donors (Lipinski definition) is 1. The summed E-state index contributed by atoms with van der Waals surface area (Å²) in [6.07, 6.45) is 1.73. The third-order valence-electron chi connectivity index (χ3n) is 2.96. The maximum Gasteiger partial charge on any atom is 0.0745 e. The molecule has 2 rings (SSSR count). The number of benzene rings is 1. The van der Waals surface area contributed by atoms with Crippen molar-refractivity contribution in [1.29, 1.82) is 0 Å². The van der Waals surface area contributed by atoms with Crippen LogP contribution in [0.2, 0.25) is 0 Å². The van der Waals surface area contributed by atoms with Gasteiger partial charge in [0.25, 0.3) is 0 Å². The first kappa shape index (κ1) is 12.2. The molecule has 0 aliphatic rings. The molecule has 1 heterocycles. The zero-order chi connectivity index (χ0) is 12.6. The second kappa shape index (κ2) is 4.53. The molecule has 0 saturated carbocycles. The zero-order valence-electron chi connectivity index (χ0n) is 10.2. The summed E-state index contributed by atoms with van der Waals surface area (Å²) >= 11 is 3.49. The Morgan fingerprint density at radius 1 is 1.35 bits per heavy atom. The number of nitrogen functional groups attached to an aromatic ring is 1. The van der Waals surface area contributed by atoms with Gasteiger partial charge in [0.1, 0.15) is 0 Å². The molecule has 0 aliphatic carbocycles. The van der Waals surface area contributed by atoms with E-state index < -0.39 is 0 Å². The number of halogens is 1. The molecule has 3 nitrogen and oxygen atoms in total. The van der Waals surface area contributed by atoms with Crippen molar-refractivity contribution in [2.45, 2.75) is 19.9 Å². The van der Waals surface area contributed by atoms with Crippen LogP contribution < -0.4 is 10.6 Å². The summed E-state index contributed by atoms with van der Waals surface area (Å²) in [5.41, 5.74) is 8.78. The molecule has 0 aliphatic heterocycles. The number of nitrogens with two attached hydrogens (primary N) is 1. The van der Waals surface area contributed by atoms with Crippen LogP contribution in [-0.4, -0.2) is 18.1 Å². The summed E-state index contributed by atoms with van der Waals surface area (Å²) in [4.78, 5) is 6.52. The van der Waals surface area contributed by atoms with Gasteiger partial charge in [0, 0.05) is 22.9 Å². The van der Waals surface area contributed by atoms with E-state index >= 15 is 0 Å². The van der Waals surface area contributed by atoms with Gasteiger partial charge in [-0.15, -0.1) is 0 Å². The average Bonchev–Trinajstić information content (AvgIpc) is 2.27. The fourth-order valence-electron chi connectivity index (χ4n) is 1.82. The van der Waals surface area contributed by atoms with E-state index in [0.29, 0.717) is 11.7 Å². The lowest BCUT2D eigenvalue weighted by Crippen LogP contribution is -2.26. The minimum atomic E-state index is 0.391. The number of anilines is 2. The smallest absolute Gasteiger partial charge is 0.0745 e. The summed E-state index contributed by atoms with van der Waals surface area (Å²) in [7, 11) is 2.05. The molecule has 0 fully saturated rings. The molecular weight excluding hydrogens is 278 g/mol. The van der Waals surface area contributed by atoms with Crippen LogP contribution in [-0.2, 0) is 0 Å². The number of rotatable bonds is 2. The number of aromatic nitrogens is 1. The van der Waals surface area contributed by atoms with Gasteiger partial charge in [-0.3, -0.25) is 4.98 Å². The molecule has 1 aromatic carbocycles. The van der Waals surface area contributed by atoms with Crippen LogP contribution in [0.5, 0.6) is 0 Å². The maximum absolute atomic E-state index is 6.06. The normalized spacial score (nSPS) is 11.1. The highest BCUT2D eigenvalue weighted by Gasteiger charge is 2.13. The van der Waals surface area contributed by atoms with Crippen molar-refractivity contribution in [2.24, 2.45) is 0 Å². The molecule has 17 heavy (non-hydrogen) atoms. The van der Waals surface area contributed by atoms with Gasteiger partial charge in [0.2, 0.25) is 0 Å². The molecule has 0 unspecified atom stereocenters. The van der Waals surface area contributed by atoms with Crippen LogP contribution in [0.1, 0.15) is 13.8 Å². The third kappa shape index (κ3) is 2.22. The summed E-state index contributed by atoms with van der Waals surface area (Å²) in [6.45, 7) is 4.29. The minimum Gasteiger partial charge on any atom is -0.396 e. The molecule has 0 bridgehead atoms. The lowest BCUT2D eigenvalue weighted by molar-refractivity contribution is 0.758. The molecule has 2 N–H and O–H groups in total. The Balaban J connectivity index is 2.74. The fraction of sp³-hybridized carbons (Fsp3) is 0.308. The van der Waals surface area contributed by atoms with Crippen LogP contribution in [0.15, 0.2) is 28.9 Å². The SMILES string of the molecule is CC(C)N(C)c1c(N)cnc2ccc(Br)cc12. The van der Waals surface area contributed by atoms with Gasteiger partial charge < -0.3 is 10.6 Å². The summed E-state index contributed by atoms with van der Waals surface area (Å²) in [5, 5.41) is 1.08. The van der Waals surface area contributed by atoms with E-state index in [-0.39, 0.29) is 0 Å². The van der Waals surface area contributed by atoms with E-state index in [2.05, 4.69) is 52.8 Å². The predicted molar refractivity (Wildman–Crippen MR) is 77.4 cm³/mol. The van der Waals surface area contributed by atoms with E-state index in [1.165, 1.54) is 0 Å². The van der Waals surface area contributed by atoms with Gasteiger partial charge in [-0.05, 0) is 32.0 Å². The molecule has 4 heteroatoms. The van der Waals surface area contributed by atoms with E-state index in [4.69, 9.17) is 5.73 Å². The van der Waals surface area contributed by atoms with Crippen molar-refractivity contribution in [2.75, 3.05) is 17.7 Å². The molecule has 0 spiro atoms. The number of hydrogen-bond acceptors (Lipinski definition) is 3. The van der Waals surface area contributed by atoms with Crippen molar-refractivity contribution >= 4 is 38.2 Å². The maximum atomic E-state index is 6.06. The molecular formula is C13H16BrN3. The highest BCUT2D eigenvalue weighted by atomic mass is 79.9. The monoisotopic (exact) mass is 293 g/mol. The number of pyridine rings is 1. The van der Waals surface area contributed by atoms with Crippen LogP contribution in [0.3, 0.4) is 0 Å². The van der Waals surface area contributed by atoms with Crippen molar-refractivity contribution in [3.05, 3.63) is 28.9 Å². The second-order valence-corrected chi connectivity index (χ2v) is 5.34. The van der Waals surface area contributed by atoms with Gasteiger partial charge >= 0.3 is 0 Å². The zero-order valence-corrected chi connectivity index (χ0v) is 11.8. The summed E-state index contributed by atoms with van der Waals surface area (Å²) in [5.74, 6) is 0. The lowest BCUT2D eigenvalue weighted by atomic mass is 10.1. The second-order valence-electron chi connectivity index (χ2n) is 4.43. The fourth-order valence-corrected chi connectivity index (χ4v) is 2.18. The predicted octanol–water partition coefficient (Wildman–Crippen LogP) is 3.42. The molecule has 0 atom stereocenters. The topological polar surface area (TPSA) is 42.1 Å². The molecule has 0 saturated heterocycles. The van der Waals surface area contributed by atoms with Crippen molar-refractivity contribution in [1.82, 2.24) is 4.98 Å². The van der Waals surface area contributed by atoms with Crippen molar-refractivity contribution < 1.29 is 0 Å². The van der Waals surface area contributed by atoms with Gasteiger partial charge in [-0.25, -0.2) is 0 Å². The van der Waals surface area contributed by atoms with E-state index in [0.717, 1.165) is 21.1 Å². The van der Waals surface area contributed by atoms with Crippen LogP contribution >= 0.6 is 15.9 Å². The van der Waals surface area contributed by atoms with Gasteiger partial charge in [0.15, 0.2) is 0 Å². The standard InChI is InChI=1S/C13H16BrN3/c1-8(2)17(3)13-10-6-9(14)4-5-12(10)16-7-11(13)15/h4-8H,15H2,1-3H3. The average molecular weight is 294 g/mol. The molecule has 0 radical (unpaired) electrons. The summed E-state index contributed by atoms with van der Waals surface area (Å²) in [6, 6.07) is 6.44. The largest absolute Gasteiger partial charge is 0.396 e. The Kier molecular flexibility index (Phi) is 3.24. The third-order valence-corrected chi connectivity index (χ3v) is 3.45. The van der Waals surface area contributed by atoms with Gasteiger partial charge in [0.05, 0.1) is 23.1 Å². The number of fused-ring (bicyclic) bond motifs is 1. The molecule has 0 amide bonds. The van der Waals surface area contributed by atoms with Gasteiger partial charge in [-0.1, -0.05) is 15.9 Å². The minimum absolute atomic E-state index is 0.391. The lowest BCUT2D eigenvalue weighted by Gasteiger charge is -2.26. The van der Waals surface area contributed by atoms with Gasteiger partial charge in [-0.2, -0.15) is 0 Å². The summed E-state index contributed by atoms with van der Waals surface area (Å²) < 4.78 is 1.04. The first-order valence-electron chi connectivity index (χ1n) is 5.57. The first-order valence-corrected chi connectivity index (χ1v) is 6.36. The molecule has 1 aromatic heterocycles. The van der Waals surface area contributed by atoms with Crippen LogP contribution in [0, 0.1) is 0 Å². The Morgan fingerprint density at radius 3 is 2.71 bits per heavy atom. The van der Waals surface area contributed by atoms with Crippen molar-refractivity contribution in [3.63, 3.8) is 0 Å². The Morgan fingerprint density at radius 2 is 2.06 bits per heavy atom. The number of nitrogens with zero attached hydrogens (tertiary/aromatic N) is 2. The highest BCUT2D eigenvalue weighted by molar-refractivity contribution is 9.10. The highest BCUT2D eigenvalue weighted by Crippen LogP contribution is 2.33. The van der Waals surface area contributed by atoms with Crippen molar-refractivity contribution in [3.8, 4) is 0 Å².